The number of carbonyl (C=O) groups excluding carboxylic acids is 1. The topological polar surface area (TPSA) is 32.7 Å². The lowest BCUT2D eigenvalue weighted by Crippen LogP contribution is -2.48. The second-order valence-electron chi connectivity index (χ2n) is 5.19. The molecular weight excluding hydrogens is 267 g/mol. The number of para-hydroxylation sites is 1. The Morgan fingerprint density at radius 1 is 1.29 bits per heavy atom. The summed E-state index contributed by atoms with van der Waals surface area (Å²) in [6.07, 6.45) is 5.03. The van der Waals surface area contributed by atoms with E-state index in [-0.39, 0.29) is 5.91 Å². The third-order valence-electron chi connectivity index (χ3n) is 3.69. The summed E-state index contributed by atoms with van der Waals surface area (Å²) < 4.78 is 14.1. The summed E-state index contributed by atoms with van der Waals surface area (Å²) in [4.78, 5) is 18.9. The Morgan fingerprint density at radius 2 is 2.05 bits per heavy atom. The van der Waals surface area contributed by atoms with Gasteiger partial charge in [-0.25, -0.2) is 9.38 Å². The molecule has 1 aliphatic heterocycles. The van der Waals surface area contributed by atoms with Gasteiger partial charge in [0.15, 0.2) is 0 Å². The zero-order valence-electron chi connectivity index (χ0n) is 11.9. The number of halogens is 1. The van der Waals surface area contributed by atoms with E-state index in [1.54, 1.807) is 17.1 Å². The van der Waals surface area contributed by atoms with E-state index in [1.165, 1.54) is 6.08 Å². The van der Waals surface area contributed by atoms with Crippen molar-refractivity contribution in [3.05, 3.63) is 54.3 Å². The van der Waals surface area contributed by atoms with E-state index in [0.717, 1.165) is 12.1 Å². The van der Waals surface area contributed by atoms with Crippen molar-refractivity contribution >= 4 is 17.4 Å². The molecule has 2 aliphatic rings. The predicted octanol–water partition coefficient (Wildman–Crippen LogP) is 3.64. The quantitative estimate of drug-likeness (QED) is 0.834. The number of alkyl halides is 1. The third kappa shape index (κ3) is 2.42. The van der Waals surface area contributed by atoms with Gasteiger partial charge in [0.25, 0.3) is 0 Å². The van der Waals surface area contributed by atoms with Crippen LogP contribution in [0.25, 0.3) is 0 Å². The maximum absolute atomic E-state index is 14.1. The van der Waals surface area contributed by atoms with Crippen LogP contribution in [0.5, 0.6) is 0 Å². The van der Waals surface area contributed by atoms with Crippen molar-refractivity contribution in [2.45, 2.75) is 25.9 Å². The van der Waals surface area contributed by atoms with Crippen LogP contribution in [-0.2, 0) is 4.79 Å². The largest absolute Gasteiger partial charge is 0.273 e. The van der Waals surface area contributed by atoms with E-state index in [4.69, 9.17) is 0 Å². The molecule has 1 amide bonds. The first-order chi connectivity index (χ1) is 10.2. The summed E-state index contributed by atoms with van der Waals surface area (Å²) in [5.74, 6) is -0.364. The highest BCUT2D eigenvalue weighted by atomic mass is 19.1. The molecule has 0 saturated heterocycles. The number of rotatable bonds is 3. The van der Waals surface area contributed by atoms with Crippen molar-refractivity contribution in [3.8, 4) is 0 Å². The van der Waals surface area contributed by atoms with Crippen molar-refractivity contribution in [1.82, 2.24) is 0 Å². The van der Waals surface area contributed by atoms with Gasteiger partial charge in [-0.05, 0) is 30.7 Å². The van der Waals surface area contributed by atoms with Crippen molar-refractivity contribution < 1.29 is 9.18 Å². The number of hydrogen-bond acceptors (Lipinski definition) is 2. The summed E-state index contributed by atoms with van der Waals surface area (Å²) in [5, 5.41) is 0. The molecule has 2 atom stereocenters. The second-order valence-corrected chi connectivity index (χ2v) is 5.19. The van der Waals surface area contributed by atoms with E-state index in [2.05, 4.69) is 4.99 Å². The maximum atomic E-state index is 14.1. The Labute approximate surface area is 123 Å². The Morgan fingerprint density at radius 3 is 2.76 bits per heavy atom. The van der Waals surface area contributed by atoms with Crippen molar-refractivity contribution in [2.24, 2.45) is 10.9 Å². The molecule has 0 spiro atoms. The second kappa shape index (κ2) is 5.64. The standard InChI is InChI=1S/C17H17FN2O/c1-2-7-15-19-14-11-6-10-13(18)16(14)17(21)20(15)12-8-4-3-5-9-12/h3-6,8-11,13,16H,2,7H2,1H3. The fraction of sp³-hybridized carbons (Fsp3) is 0.294. The summed E-state index contributed by atoms with van der Waals surface area (Å²) >= 11 is 0. The Hall–Kier alpha value is -2.23. The van der Waals surface area contributed by atoms with Gasteiger partial charge in [-0.1, -0.05) is 31.2 Å². The number of allylic oxidation sites excluding steroid dienone is 3. The zero-order chi connectivity index (χ0) is 14.8. The fourth-order valence-corrected chi connectivity index (χ4v) is 2.72. The first-order valence-electron chi connectivity index (χ1n) is 7.21. The van der Waals surface area contributed by atoms with Crippen molar-refractivity contribution in [1.29, 1.82) is 0 Å². The molecule has 3 rings (SSSR count). The van der Waals surface area contributed by atoms with Crippen LogP contribution in [0.15, 0.2) is 59.2 Å². The van der Waals surface area contributed by atoms with E-state index >= 15 is 0 Å². The molecular formula is C17H17FN2O. The van der Waals surface area contributed by atoms with Crippen LogP contribution in [-0.4, -0.2) is 17.9 Å². The molecule has 1 aromatic carbocycles. The van der Waals surface area contributed by atoms with Crippen LogP contribution in [0.4, 0.5) is 10.1 Å². The minimum Gasteiger partial charge on any atom is -0.273 e. The van der Waals surface area contributed by atoms with E-state index in [9.17, 15) is 9.18 Å². The lowest BCUT2D eigenvalue weighted by atomic mass is 9.91. The molecule has 0 saturated carbocycles. The van der Waals surface area contributed by atoms with E-state index in [0.29, 0.717) is 18.0 Å². The molecule has 0 radical (unpaired) electrons. The molecule has 108 valence electrons. The van der Waals surface area contributed by atoms with Gasteiger partial charge in [0.05, 0.1) is 11.4 Å². The Kier molecular flexibility index (Phi) is 3.69. The number of aliphatic imine (C=N–C) groups is 1. The summed E-state index contributed by atoms with van der Waals surface area (Å²) in [7, 11) is 0. The van der Waals surface area contributed by atoms with Crippen LogP contribution >= 0.6 is 0 Å². The van der Waals surface area contributed by atoms with Crippen LogP contribution in [0.3, 0.4) is 0 Å². The Balaban J connectivity index is 2.08. The number of carbonyl (C=O) groups is 1. The number of benzene rings is 1. The summed E-state index contributed by atoms with van der Waals surface area (Å²) in [5.41, 5.74) is 1.28. The number of hydrogen-bond donors (Lipinski definition) is 0. The lowest BCUT2D eigenvalue weighted by molar-refractivity contribution is -0.121. The van der Waals surface area contributed by atoms with E-state index in [1.807, 2.05) is 37.3 Å². The van der Waals surface area contributed by atoms with Gasteiger partial charge in [0, 0.05) is 6.42 Å². The van der Waals surface area contributed by atoms with Crippen LogP contribution in [0.1, 0.15) is 19.8 Å². The van der Waals surface area contributed by atoms with Crippen LogP contribution < -0.4 is 4.90 Å². The summed E-state index contributed by atoms with van der Waals surface area (Å²) in [6.45, 7) is 2.04. The zero-order valence-corrected chi connectivity index (χ0v) is 11.9. The Bertz CT molecular complexity index is 633. The first-order valence-corrected chi connectivity index (χ1v) is 7.21. The normalized spacial score (nSPS) is 24.5. The number of nitrogens with zero attached hydrogens (tertiary/aromatic N) is 2. The average molecular weight is 284 g/mol. The minimum absolute atomic E-state index is 0.234. The first kappa shape index (κ1) is 13.7. The van der Waals surface area contributed by atoms with Gasteiger partial charge in [-0.15, -0.1) is 0 Å². The van der Waals surface area contributed by atoms with Gasteiger partial charge in [-0.2, -0.15) is 0 Å². The van der Waals surface area contributed by atoms with Crippen LogP contribution in [0.2, 0.25) is 0 Å². The molecule has 1 aliphatic carbocycles. The SMILES string of the molecule is CCCC1=NC2=CC=CC(F)C2C(=O)N1c1ccccc1. The number of anilines is 1. The smallest absolute Gasteiger partial charge is 0.244 e. The minimum atomic E-state index is -1.31. The van der Waals surface area contributed by atoms with Gasteiger partial charge in [-0.3, -0.25) is 9.69 Å². The van der Waals surface area contributed by atoms with Crippen molar-refractivity contribution in [3.63, 3.8) is 0 Å². The highest BCUT2D eigenvalue weighted by Crippen LogP contribution is 2.33. The van der Waals surface area contributed by atoms with Gasteiger partial charge >= 0.3 is 0 Å². The lowest BCUT2D eigenvalue weighted by Gasteiger charge is -2.35. The third-order valence-corrected chi connectivity index (χ3v) is 3.69. The molecule has 21 heavy (non-hydrogen) atoms. The predicted molar refractivity (Wildman–Crippen MR) is 81.9 cm³/mol. The fourth-order valence-electron chi connectivity index (χ4n) is 2.72. The molecule has 0 bridgehead atoms. The molecule has 2 unspecified atom stereocenters. The number of fused-ring (bicyclic) bond motifs is 1. The molecule has 1 aromatic rings. The summed E-state index contributed by atoms with van der Waals surface area (Å²) in [6, 6.07) is 9.32. The highest BCUT2D eigenvalue weighted by molar-refractivity contribution is 6.20. The molecule has 1 heterocycles. The maximum Gasteiger partial charge on any atom is 0.244 e. The molecule has 4 heteroatoms. The van der Waals surface area contributed by atoms with Gasteiger partial charge in [0.1, 0.15) is 17.9 Å². The van der Waals surface area contributed by atoms with E-state index < -0.39 is 12.1 Å². The number of amides is 1. The van der Waals surface area contributed by atoms with Crippen molar-refractivity contribution in [2.75, 3.05) is 4.90 Å². The number of amidine groups is 1. The average Bonchev–Trinajstić information content (AvgIpc) is 2.48. The monoisotopic (exact) mass is 284 g/mol. The van der Waals surface area contributed by atoms with Crippen LogP contribution in [0, 0.1) is 5.92 Å². The highest BCUT2D eigenvalue weighted by Gasteiger charge is 2.40. The van der Waals surface area contributed by atoms with Gasteiger partial charge in [0.2, 0.25) is 5.91 Å². The molecule has 0 aromatic heterocycles. The molecule has 0 fully saturated rings. The van der Waals surface area contributed by atoms with Gasteiger partial charge < -0.3 is 0 Å². The molecule has 3 nitrogen and oxygen atoms in total. The molecule has 0 N–H and O–H groups in total.